The van der Waals surface area contributed by atoms with Gasteiger partial charge in [-0.05, 0) is 11.8 Å². The molecule has 0 aromatic carbocycles. The third-order valence-electron chi connectivity index (χ3n) is 2.79. The summed E-state index contributed by atoms with van der Waals surface area (Å²) in [6, 6.07) is 0. The van der Waals surface area contributed by atoms with Crippen LogP contribution in [0, 0.1) is 11.8 Å². The maximum Gasteiger partial charge on any atom is 0.239 e. The van der Waals surface area contributed by atoms with Crippen molar-refractivity contribution in [2.45, 2.75) is 5.92 Å². The zero-order valence-corrected chi connectivity index (χ0v) is 6.53. The van der Waals surface area contributed by atoms with E-state index in [1.807, 2.05) is 0 Å². The number of aromatic nitrogens is 3. The van der Waals surface area contributed by atoms with Crippen LogP contribution in [0.1, 0.15) is 11.7 Å². The van der Waals surface area contributed by atoms with Crippen LogP contribution in [0.2, 0.25) is 0 Å². The zero-order valence-electron chi connectivity index (χ0n) is 6.53. The predicted octanol–water partition coefficient (Wildman–Crippen LogP) is -0.253. The van der Waals surface area contributed by atoms with Gasteiger partial charge in [-0.15, -0.1) is 5.10 Å². The molecule has 1 saturated carbocycles. The lowest BCUT2D eigenvalue weighted by molar-refractivity contribution is 0.159. The van der Waals surface area contributed by atoms with E-state index in [-0.39, 0.29) is 0 Å². The van der Waals surface area contributed by atoms with Crippen LogP contribution < -0.4 is 5.73 Å². The molecule has 0 radical (unpaired) electrons. The van der Waals surface area contributed by atoms with Gasteiger partial charge in [0.2, 0.25) is 5.95 Å². The summed E-state index contributed by atoms with van der Waals surface area (Å²) in [5, 5.41) is 6.66. The molecule has 1 aromatic heterocycles. The highest BCUT2D eigenvalue weighted by atomic mass is 16.5. The Morgan fingerprint density at radius 1 is 1.42 bits per heavy atom. The molecule has 1 aliphatic carbocycles. The molecule has 12 heavy (non-hydrogen) atoms. The quantitative estimate of drug-likeness (QED) is 0.603. The maximum absolute atomic E-state index is 5.41. The Kier molecular flexibility index (Phi) is 1.06. The average Bonchev–Trinajstić information content (AvgIpc) is 2.55. The van der Waals surface area contributed by atoms with E-state index < -0.39 is 0 Å². The molecule has 5 nitrogen and oxygen atoms in total. The number of nitrogens with two attached hydrogens (primary N) is 1. The Morgan fingerprint density at radius 3 is 2.75 bits per heavy atom. The third kappa shape index (κ3) is 0.714. The minimum Gasteiger partial charge on any atom is -0.381 e. The molecule has 1 saturated heterocycles. The molecule has 64 valence electrons. The summed E-state index contributed by atoms with van der Waals surface area (Å²) < 4.78 is 5.27. The summed E-state index contributed by atoms with van der Waals surface area (Å²) in [6.45, 7) is 1.74. The van der Waals surface area contributed by atoms with Crippen molar-refractivity contribution in [3.05, 3.63) is 5.82 Å². The molecular weight excluding hydrogens is 156 g/mol. The lowest BCUT2D eigenvalue weighted by atomic mass is 10.3. The lowest BCUT2D eigenvalue weighted by Crippen LogP contribution is -1.98. The second kappa shape index (κ2) is 1.98. The summed E-state index contributed by atoms with van der Waals surface area (Å²) >= 11 is 0. The fourth-order valence-electron chi connectivity index (χ4n) is 2.08. The normalized spacial score (nSPS) is 38.2. The number of nitrogen functional groups attached to an aromatic ring is 1. The molecule has 1 aliphatic heterocycles. The van der Waals surface area contributed by atoms with E-state index in [4.69, 9.17) is 10.5 Å². The van der Waals surface area contributed by atoms with E-state index in [1.165, 1.54) is 0 Å². The summed E-state index contributed by atoms with van der Waals surface area (Å²) in [4.78, 5) is 4.11. The summed E-state index contributed by atoms with van der Waals surface area (Å²) in [5.41, 5.74) is 5.41. The molecule has 0 spiro atoms. The van der Waals surface area contributed by atoms with Crippen LogP contribution in [0.5, 0.6) is 0 Å². The third-order valence-corrected chi connectivity index (χ3v) is 2.79. The van der Waals surface area contributed by atoms with Gasteiger partial charge in [0, 0.05) is 5.92 Å². The Morgan fingerprint density at radius 2 is 2.17 bits per heavy atom. The van der Waals surface area contributed by atoms with Gasteiger partial charge in [0.1, 0.15) is 5.82 Å². The van der Waals surface area contributed by atoms with Gasteiger partial charge in [-0.25, -0.2) is 0 Å². The minimum absolute atomic E-state index is 0.343. The number of rotatable bonds is 1. The first kappa shape index (κ1) is 6.42. The van der Waals surface area contributed by atoms with E-state index in [2.05, 4.69) is 15.2 Å². The molecule has 0 bridgehead atoms. The van der Waals surface area contributed by atoms with Crippen molar-refractivity contribution in [1.29, 1.82) is 0 Å². The first-order valence-electron chi connectivity index (χ1n) is 4.12. The van der Waals surface area contributed by atoms with Crippen LogP contribution in [0.4, 0.5) is 5.95 Å². The monoisotopic (exact) mass is 166 g/mol. The second-order valence-electron chi connectivity index (χ2n) is 3.47. The number of H-pyrrole nitrogens is 1. The number of hydrogen-bond donors (Lipinski definition) is 2. The van der Waals surface area contributed by atoms with Gasteiger partial charge in [0.05, 0.1) is 13.2 Å². The van der Waals surface area contributed by atoms with Gasteiger partial charge >= 0.3 is 0 Å². The minimum atomic E-state index is 0.343. The molecule has 2 fully saturated rings. The number of nitrogens with one attached hydrogen (secondary N) is 1. The van der Waals surface area contributed by atoms with Crippen molar-refractivity contribution >= 4 is 5.95 Å². The highest BCUT2D eigenvalue weighted by molar-refractivity contribution is 5.22. The number of anilines is 1. The Balaban J connectivity index is 1.84. The lowest BCUT2D eigenvalue weighted by Gasteiger charge is -1.98. The number of nitrogens with zero attached hydrogens (tertiary/aromatic N) is 2. The van der Waals surface area contributed by atoms with Crippen LogP contribution in [0.25, 0.3) is 0 Å². The van der Waals surface area contributed by atoms with Gasteiger partial charge in [-0.1, -0.05) is 0 Å². The fraction of sp³-hybridized carbons (Fsp3) is 0.714. The molecule has 3 N–H and O–H groups in total. The average molecular weight is 166 g/mol. The van der Waals surface area contributed by atoms with Crippen LogP contribution in [0.15, 0.2) is 0 Å². The van der Waals surface area contributed by atoms with E-state index in [0.29, 0.717) is 23.7 Å². The molecular formula is C7H10N4O. The molecule has 2 atom stereocenters. The maximum atomic E-state index is 5.41. The Labute approximate surface area is 69.3 Å². The van der Waals surface area contributed by atoms with Gasteiger partial charge < -0.3 is 10.5 Å². The van der Waals surface area contributed by atoms with Gasteiger partial charge in [-0.2, -0.15) is 4.98 Å². The van der Waals surface area contributed by atoms with Crippen molar-refractivity contribution in [3.8, 4) is 0 Å². The number of hydrogen-bond acceptors (Lipinski definition) is 4. The summed E-state index contributed by atoms with van der Waals surface area (Å²) in [5.74, 6) is 3.14. The first-order valence-corrected chi connectivity index (χ1v) is 4.12. The highest BCUT2D eigenvalue weighted by Gasteiger charge is 2.56. The smallest absolute Gasteiger partial charge is 0.239 e. The van der Waals surface area contributed by atoms with E-state index in [0.717, 1.165) is 19.0 Å². The van der Waals surface area contributed by atoms with Gasteiger partial charge in [-0.3, -0.25) is 5.10 Å². The van der Waals surface area contributed by atoms with Crippen LogP contribution in [-0.2, 0) is 4.74 Å². The summed E-state index contributed by atoms with van der Waals surface area (Å²) in [6.07, 6.45) is 0. The predicted molar refractivity (Wildman–Crippen MR) is 41.3 cm³/mol. The fourth-order valence-corrected chi connectivity index (χ4v) is 2.08. The standard InChI is InChI=1S/C7H10N4O/c8-7-9-6(10-11-7)5-3-1-12-2-4(3)5/h3-5H,1-2H2,(H3,8,9,10,11). The molecule has 0 amide bonds. The van der Waals surface area contributed by atoms with Crippen LogP contribution in [0.3, 0.4) is 0 Å². The Bertz CT molecular complexity index is 300. The van der Waals surface area contributed by atoms with Crippen LogP contribution in [-0.4, -0.2) is 28.4 Å². The van der Waals surface area contributed by atoms with Crippen LogP contribution >= 0.6 is 0 Å². The first-order chi connectivity index (χ1) is 5.86. The van der Waals surface area contributed by atoms with E-state index >= 15 is 0 Å². The zero-order chi connectivity index (χ0) is 8.13. The van der Waals surface area contributed by atoms with Gasteiger partial charge in [0.25, 0.3) is 0 Å². The molecule has 1 aromatic rings. The van der Waals surface area contributed by atoms with Crippen molar-refractivity contribution in [3.63, 3.8) is 0 Å². The SMILES string of the molecule is Nc1n[nH]c(C2C3COCC32)n1. The van der Waals surface area contributed by atoms with E-state index in [9.17, 15) is 0 Å². The van der Waals surface area contributed by atoms with Crippen molar-refractivity contribution < 1.29 is 4.74 Å². The molecule has 2 unspecified atom stereocenters. The second-order valence-corrected chi connectivity index (χ2v) is 3.47. The van der Waals surface area contributed by atoms with Crippen molar-refractivity contribution in [2.24, 2.45) is 11.8 Å². The largest absolute Gasteiger partial charge is 0.381 e. The number of ether oxygens (including phenoxy) is 1. The molecule has 2 aliphatic rings. The van der Waals surface area contributed by atoms with E-state index in [1.54, 1.807) is 0 Å². The summed E-state index contributed by atoms with van der Waals surface area (Å²) in [7, 11) is 0. The Hall–Kier alpha value is -1.10. The van der Waals surface area contributed by atoms with Crippen molar-refractivity contribution in [2.75, 3.05) is 18.9 Å². The topological polar surface area (TPSA) is 76.8 Å². The van der Waals surface area contributed by atoms with Crippen molar-refractivity contribution in [1.82, 2.24) is 15.2 Å². The molecule has 3 rings (SSSR count). The number of aromatic amines is 1. The number of fused-ring (bicyclic) bond motifs is 1. The molecule has 5 heteroatoms. The van der Waals surface area contributed by atoms with Gasteiger partial charge in [0.15, 0.2) is 0 Å². The molecule has 2 heterocycles. The highest BCUT2D eigenvalue weighted by Crippen LogP contribution is 2.56.